The van der Waals surface area contributed by atoms with Gasteiger partial charge < -0.3 is 15.2 Å². The fourth-order valence-electron chi connectivity index (χ4n) is 6.11. The number of fused-ring (bicyclic) bond motifs is 3. The van der Waals surface area contributed by atoms with Crippen LogP contribution < -0.4 is 10.6 Å². The summed E-state index contributed by atoms with van der Waals surface area (Å²) in [5.74, 6) is -1.29. The Bertz CT molecular complexity index is 1570. The Labute approximate surface area is 251 Å². The molecule has 0 spiro atoms. The monoisotopic (exact) mass is 573 g/mol. The van der Waals surface area contributed by atoms with Crippen LogP contribution >= 0.6 is 0 Å². The molecule has 1 aliphatic carbocycles. The molecule has 1 aliphatic rings. The van der Waals surface area contributed by atoms with Crippen LogP contribution in [0.3, 0.4) is 0 Å². The number of carbonyl (C=O) groups excluding carboxylic acids is 1. The van der Waals surface area contributed by atoms with Gasteiger partial charge in [0.15, 0.2) is 0 Å². The van der Waals surface area contributed by atoms with Crippen LogP contribution in [0.25, 0.3) is 11.1 Å². The predicted molar refractivity (Wildman–Crippen MR) is 167 cm³/mol. The highest BCUT2D eigenvalue weighted by Crippen LogP contribution is 2.44. The van der Waals surface area contributed by atoms with Gasteiger partial charge in [-0.15, -0.1) is 0 Å². The minimum Gasteiger partial charge on any atom is -0.480 e. The number of hydrogen-bond acceptors (Lipinski definition) is 4. The van der Waals surface area contributed by atoms with Crippen molar-refractivity contribution in [1.82, 2.24) is 10.6 Å². The van der Waals surface area contributed by atoms with Crippen molar-refractivity contribution < 1.29 is 19.4 Å². The van der Waals surface area contributed by atoms with Crippen molar-refractivity contribution in [2.45, 2.75) is 17.5 Å². The van der Waals surface area contributed by atoms with Gasteiger partial charge in [-0.05, 0) is 38.9 Å². The zero-order valence-electron chi connectivity index (χ0n) is 23.5. The van der Waals surface area contributed by atoms with Crippen LogP contribution in [0.5, 0.6) is 0 Å². The zero-order chi connectivity index (χ0) is 29.6. The molecule has 3 N–H and O–H groups in total. The average molecular weight is 574 g/mol. The number of alkyl carbamates (subject to hydrolysis) is 1. The summed E-state index contributed by atoms with van der Waals surface area (Å²) >= 11 is 0. The maximum Gasteiger partial charge on any atom is 0.407 e. The molecule has 0 aromatic heterocycles. The van der Waals surface area contributed by atoms with Gasteiger partial charge in [0.1, 0.15) is 12.6 Å². The molecule has 0 radical (unpaired) electrons. The summed E-state index contributed by atoms with van der Waals surface area (Å²) in [6.45, 7) is 0.0415. The SMILES string of the molecule is O=C([15NH][13C@@H]([13CH2][15NH]C(c1ccccc1)(c1ccccc1)c1ccccc1)[13C](=O)O)OCC1c2ccccc2-c2ccccc21. The molecule has 0 fully saturated rings. The number of nitrogens with one attached hydrogen (secondary N) is 2. The van der Waals surface area contributed by atoms with Crippen molar-refractivity contribution in [1.29, 1.82) is 0 Å². The van der Waals surface area contributed by atoms with Crippen molar-refractivity contribution in [2.75, 3.05) is 13.2 Å². The van der Waals surface area contributed by atoms with E-state index in [2.05, 4.69) is 22.8 Å². The summed E-state index contributed by atoms with van der Waals surface area (Å²) in [6.07, 6.45) is -0.777. The number of benzene rings is 5. The average Bonchev–Trinajstić information content (AvgIpc) is 3.38. The first-order valence-electron chi connectivity index (χ1n) is 14.3. The molecule has 5 aromatic rings. The number of amides is 1. The summed E-state index contributed by atoms with van der Waals surface area (Å²) in [6, 6.07) is 44.6. The molecule has 5 aromatic carbocycles. The first-order valence-corrected chi connectivity index (χ1v) is 14.3. The van der Waals surface area contributed by atoms with E-state index >= 15 is 0 Å². The van der Waals surface area contributed by atoms with Crippen molar-refractivity contribution in [2.24, 2.45) is 0 Å². The molecule has 0 bridgehead atoms. The van der Waals surface area contributed by atoms with Crippen molar-refractivity contribution in [3.8, 4) is 11.1 Å². The Hall–Kier alpha value is -5.20. The molecule has 0 aliphatic heterocycles. The van der Waals surface area contributed by atoms with E-state index in [1.165, 1.54) is 0 Å². The fourth-order valence-corrected chi connectivity index (χ4v) is 6.11. The molecular formula is C37H32N2O4. The summed E-state index contributed by atoms with van der Waals surface area (Å²) in [7, 11) is 0. The minimum absolute atomic E-state index is 0.0573. The number of carboxylic acid groups (broad SMARTS) is 1. The Morgan fingerprint density at radius 3 is 1.51 bits per heavy atom. The van der Waals surface area contributed by atoms with Crippen molar-refractivity contribution in [3.05, 3.63) is 167 Å². The molecule has 6 nitrogen and oxygen atoms in total. The van der Waals surface area contributed by atoms with E-state index in [-0.39, 0.29) is 19.1 Å². The lowest BCUT2D eigenvalue weighted by Gasteiger charge is -2.38. The van der Waals surface area contributed by atoms with E-state index < -0.39 is 23.6 Å². The highest BCUT2D eigenvalue weighted by atomic mass is 16.6. The van der Waals surface area contributed by atoms with Gasteiger partial charge in [0.25, 0.3) is 0 Å². The molecule has 1 atom stereocenters. The van der Waals surface area contributed by atoms with E-state index in [0.29, 0.717) is 0 Å². The van der Waals surface area contributed by atoms with Crippen LogP contribution in [0.15, 0.2) is 140 Å². The first-order chi connectivity index (χ1) is 21.1. The number of hydrogen-bond donors (Lipinski definition) is 3. The Balaban J connectivity index is 1.23. The number of carbonyl (C=O) groups is 2. The van der Waals surface area contributed by atoms with Gasteiger partial charge >= 0.3 is 12.1 Å². The smallest absolute Gasteiger partial charge is 0.407 e. The van der Waals surface area contributed by atoms with Gasteiger partial charge in [-0.25, -0.2) is 9.59 Å². The number of ether oxygens (including phenoxy) is 1. The Morgan fingerprint density at radius 2 is 1.07 bits per heavy atom. The molecule has 1 amide bonds. The maximum absolute atomic E-state index is 13.0. The third-order valence-corrected chi connectivity index (χ3v) is 8.13. The molecule has 43 heavy (non-hydrogen) atoms. The van der Waals surface area contributed by atoms with Crippen LogP contribution in [0.4, 0.5) is 4.79 Å². The van der Waals surface area contributed by atoms with Crippen LogP contribution in [-0.2, 0) is 15.1 Å². The van der Waals surface area contributed by atoms with Crippen LogP contribution in [0, 0.1) is 0 Å². The first kappa shape index (κ1) is 27.9. The van der Waals surface area contributed by atoms with Crippen LogP contribution in [-0.4, -0.2) is 36.4 Å². The lowest BCUT2D eigenvalue weighted by Crippen LogP contribution is -2.54. The zero-order valence-corrected chi connectivity index (χ0v) is 23.5. The summed E-state index contributed by atoms with van der Waals surface area (Å²) in [5, 5.41) is 16.3. The van der Waals surface area contributed by atoms with Crippen LogP contribution in [0.2, 0.25) is 0 Å². The maximum atomic E-state index is 13.0. The number of carboxylic acids is 1. The molecule has 6 rings (SSSR count). The summed E-state index contributed by atoms with van der Waals surface area (Å²) < 4.78 is 5.67. The summed E-state index contributed by atoms with van der Waals surface area (Å²) in [5.41, 5.74) is 6.38. The molecule has 0 saturated heterocycles. The standard InChI is InChI=1S/C37H32N2O4/c40-35(41)34(39-36(42)43-25-33-31-22-12-10-20-29(31)30-21-11-13-23-32(30)33)24-38-37(26-14-4-1-5-15-26,27-16-6-2-7-17-27)28-18-8-3-9-19-28/h1-23,33-34,38H,24-25H2,(H,39,42)(H,40,41)/t34-/m0/s1/i24+1,34+1,35+1,38+1,39+1. The highest BCUT2D eigenvalue weighted by molar-refractivity contribution is 5.81. The van der Waals surface area contributed by atoms with E-state index in [4.69, 9.17) is 4.74 Å². The fraction of sp³-hybridized carbons (Fsp3) is 0.135. The topological polar surface area (TPSA) is 87.7 Å². The van der Waals surface area contributed by atoms with Gasteiger partial charge in [0, 0.05) is 12.5 Å². The van der Waals surface area contributed by atoms with Gasteiger partial charge in [-0.1, -0.05) is 140 Å². The second-order valence-electron chi connectivity index (χ2n) is 10.6. The molecule has 6 heteroatoms. The molecule has 0 unspecified atom stereocenters. The lowest BCUT2D eigenvalue weighted by molar-refractivity contribution is -0.139. The van der Waals surface area contributed by atoms with E-state index in [1.807, 2.05) is 127 Å². The van der Waals surface area contributed by atoms with Crippen molar-refractivity contribution in [3.63, 3.8) is 0 Å². The van der Waals surface area contributed by atoms with E-state index in [0.717, 1.165) is 38.9 Å². The third-order valence-electron chi connectivity index (χ3n) is 8.13. The molecular weight excluding hydrogens is 541 g/mol. The minimum atomic E-state index is -1.24. The molecule has 0 saturated carbocycles. The Morgan fingerprint density at radius 1 is 0.651 bits per heavy atom. The van der Waals surface area contributed by atoms with Gasteiger partial charge in [-0.2, -0.15) is 0 Å². The molecule has 0 heterocycles. The normalized spacial score (nSPS) is 13.0. The number of rotatable bonds is 10. The third kappa shape index (κ3) is 5.53. The molecule has 214 valence electrons. The highest BCUT2D eigenvalue weighted by Gasteiger charge is 2.37. The van der Waals surface area contributed by atoms with Crippen molar-refractivity contribution >= 4 is 12.1 Å². The second kappa shape index (κ2) is 12.3. The van der Waals surface area contributed by atoms with Gasteiger partial charge in [-0.3, -0.25) is 5.32 Å². The van der Waals surface area contributed by atoms with Crippen LogP contribution in [0.1, 0.15) is 33.7 Å². The number of aliphatic carboxylic acids is 1. The van der Waals surface area contributed by atoms with E-state index in [9.17, 15) is 14.7 Å². The van der Waals surface area contributed by atoms with Gasteiger partial charge in [0.2, 0.25) is 0 Å². The quantitative estimate of drug-likeness (QED) is 0.100. The lowest BCUT2D eigenvalue weighted by atomic mass is 9.79. The van der Waals surface area contributed by atoms with Gasteiger partial charge in [0.05, 0.1) is 5.54 Å². The summed E-state index contributed by atoms with van der Waals surface area (Å²) in [4.78, 5) is 25.5. The van der Waals surface area contributed by atoms with E-state index in [1.54, 1.807) is 0 Å². The predicted octanol–water partition coefficient (Wildman–Crippen LogP) is 6.56. The Kier molecular flexibility index (Phi) is 8.03. The second-order valence-corrected chi connectivity index (χ2v) is 10.6. The largest absolute Gasteiger partial charge is 0.480 e.